The molecule has 2 saturated heterocycles. The van der Waals surface area contributed by atoms with Crippen LogP contribution in [0.15, 0.2) is 30.6 Å². The molecular formula is C28H34N8O3. The van der Waals surface area contributed by atoms with Gasteiger partial charge >= 0.3 is 0 Å². The number of nitrogen functional groups attached to an aromatic ring is 1. The molecule has 1 amide bonds. The van der Waals surface area contributed by atoms with Crippen molar-refractivity contribution in [1.29, 1.82) is 0 Å². The SMILES string of the molecule is Cc1cc(C(=O)N2CC(C)OC(C)C2)ccc1N1CCc2c(-c3cnc(N)nc3)nc(N3CCOCC3)nc21. The quantitative estimate of drug-likeness (QED) is 0.538. The van der Waals surface area contributed by atoms with Crippen LogP contribution in [0.4, 0.5) is 23.4 Å². The molecule has 2 N–H and O–H groups in total. The third-order valence-corrected chi connectivity index (χ3v) is 7.50. The summed E-state index contributed by atoms with van der Waals surface area (Å²) in [6.07, 6.45) is 4.27. The summed E-state index contributed by atoms with van der Waals surface area (Å²) in [7, 11) is 0. The van der Waals surface area contributed by atoms with Crippen molar-refractivity contribution in [2.75, 3.05) is 61.5 Å². The van der Waals surface area contributed by atoms with Gasteiger partial charge in [-0.15, -0.1) is 0 Å². The van der Waals surface area contributed by atoms with Crippen LogP contribution in [0.25, 0.3) is 11.3 Å². The Kier molecular flexibility index (Phi) is 6.78. The molecule has 0 aliphatic carbocycles. The fourth-order valence-electron chi connectivity index (χ4n) is 5.70. The number of nitrogens with zero attached hydrogens (tertiary/aromatic N) is 7. The first-order valence-electron chi connectivity index (χ1n) is 13.5. The Balaban J connectivity index is 1.35. The number of hydrogen-bond donors (Lipinski definition) is 1. The van der Waals surface area contributed by atoms with E-state index in [1.165, 1.54) is 0 Å². The summed E-state index contributed by atoms with van der Waals surface area (Å²) in [6.45, 7) is 10.7. The van der Waals surface area contributed by atoms with E-state index in [4.69, 9.17) is 25.2 Å². The number of aryl methyl sites for hydroxylation is 1. The first-order chi connectivity index (χ1) is 18.9. The molecule has 2 atom stereocenters. The van der Waals surface area contributed by atoms with Crippen molar-refractivity contribution in [3.05, 3.63) is 47.3 Å². The number of ether oxygens (including phenoxy) is 2. The molecule has 0 spiro atoms. The molecule has 3 aliphatic heterocycles. The van der Waals surface area contributed by atoms with Gasteiger partial charge in [0.05, 0.1) is 31.1 Å². The highest BCUT2D eigenvalue weighted by Gasteiger charge is 2.31. The van der Waals surface area contributed by atoms with Crippen LogP contribution in [0.2, 0.25) is 0 Å². The van der Waals surface area contributed by atoms with Crippen LogP contribution < -0.4 is 15.5 Å². The van der Waals surface area contributed by atoms with Gasteiger partial charge in [0.2, 0.25) is 11.9 Å². The molecule has 39 heavy (non-hydrogen) atoms. The number of hydrogen-bond acceptors (Lipinski definition) is 10. The van der Waals surface area contributed by atoms with Crippen LogP contribution in [0.3, 0.4) is 0 Å². The number of carbonyl (C=O) groups excluding carboxylic acids is 1. The Labute approximate surface area is 228 Å². The maximum Gasteiger partial charge on any atom is 0.254 e. The minimum Gasteiger partial charge on any atom is -0.378 e. The second-order valence-corrected chi connectivity index (χ2v) is 10.5. The van der Waals surface area contributed by atoms with E-state index in [9.17, 15) is 4.79 Å². The number of benzene rings is 1. The maximum absolute atomic E-state index is 13.3. The number of rotatable bonds is 4. The molecular weight excluding hydrogens is 496 g/mol. The number of nitrogens with two attached hydrogens (primary N) is 1. The second kappa shape index (κ2) is 10.4. The van der Waals surface area contributed by atoms with E-state index in [-0.39, 0.29) is 24.1 Å². The number of anilines is 4. The summed E-state index contributed by atoms with van der Waals surface area (Å²) < 4.78 is 11.4. The van der Waals surface area contributed by atoms with Gasteiger partial charge in [-0.1, -0.05) is 0 Å². The highest BCUT2D eigenvalue weighted by molar-refractivity contribution is 5.95. The van der Waals surface area contributed by atoms with Crippen LogP contribution in [-0.2, 0) is 15.9 Å². The Morgan fingerprint density at radius 3 is 2.44 bits per heavy atom. The average Bonchev–Trinajstić information content (AvgIpc) is 3.36. The lowest BCUT2D eigenvalue weighted by atomic mass is 10.1. The predicted molar refractivity (Wildman–Crippen MR) is 148 cm³/mol. The topological polar surface area (TPSA) is 123 Å². The van der Waals surface area contributed by atoms with Gasteiger partial charge in [0, 0.05) is 67.5 Å². The Hall–Kier alpha value is -3.83. The van der Waals surface area contributed by atoms with Gasteiger partial charge in [0.1, 0.15) is 5.82 Å². The van der Waals surface area contributed by atoms with Gasteiger partial charge < -0.3 is 29.9 Å². The standard InChI is InChI=1S/C28H34N8O3/c1-17-12-20(26(37)35-15-18(2)39-19(3)16-35)4-5-23(17)36-7-6-22-24(21-13-30-27(29)31-14-21)32-28(33-25(22)36)34-8-10-38-11-9-34/h4-5,12-14,18-19H,6-11,15-16H2,1-3H3,(H2,29,30,31). The summed E-state index contributed by atoms with van der Waals surface area (Å²) >= 11 is 0. The molecule has 2 unspecified atom stereocenters. The molecule has 0 bridgehead atoms. The van der Waals surface area contributed by atoms with Gasteiger partial charge in [-0.3, -0.25) is 4.79 Å². The lowest BCUT2D eigenvalue weighted by Gasteiger charge is -2.35. The Morgan fingerprint density at radius 1 is 1.03 bits per heavy atom. The number of morpholine rings is 2. The summed E-state index contributed by atoms with van der Waals surface area (Å²) in [6, 6.07) is 5.94. The number of fused-ring (bicyclic) bond motifs is 1. The third-order valence-electron chi connectivity index (χ3n) is 7.50. The van der Waals surface area contributed by atoms with Crippen molar-refractivity contribution in [2.24, 2.45) is 0 Å². The van der Waals surface area contributed by atoms with Crippen molar-refractivity contribution < 1.29 is 14.3 Å². The summed E-state index contributed by atoms with van der Waals surface area (Å²) in [4.78, 5) is 38.0. The molecule has 0 radical (unpaired) electrons. The average molecular weight is 531 g/mol. The van der Waals surface area contributed by atoms with E-state index in [0.717, 1.165) is 59.9 Å². The van der Waals surface area contributed by atoms with Gasteiger partial charge in [-0.2, -0.15) is 4.98 Å². The molecule has 11 heteroatoms. The van der Waals surface area contributed by atoms with Crippen LogP contribution in [0, 0.1) is 6.92 Å². The molecule has 11 nitrogen and oxygen atoms in total. The zero-order chi connectivity index (χ0) is 27.1. The summed E-state index contributed by atoms with van der Waals surface area (Å²) in [5, 5.41) is 0. The summed E-state index contributed by atoms with van der Waals surface area (Å²) in [5.41, 5.74) is 11.2. The van der Waals surface area contributed by atoms with Crippen molar-refractivity contribution in [1.82, 2.24) is 24.8 Å². The predicted octanol–water partition coefficient (Wildman–Crippen LogP) is 2.60. The van der Waals surface area contributed by atoms with Crippen LogP contribution >= 0.6 is 0 Å². The Morgan fingerprint density at radius 2 is 1.74 bits per heavy atom. The largest absolute Gasteiger partial charge is 0.378 e. The number of carbonyl (C=O) groups is 1. The first kappa shape index (κ1) is 25.4. The molecule has 204 valence electrons. The van der Waals surface area contributed by atoms with Crippen LogP contribution in [-0.4, -0.2) is 88.9 Å². The van der Waals surface area contributed by atoms with Crippen LogP contribution in [0.5, 0.6) is 0 Å². The molecule has 0 saturated carbocycles. The zero-order valence-electron chi connectivity index (χ0n) is 22.6. The first-order valence-corrected chi connectivity index (χ1v) is 13.5. The lowest BCUT2D eigenvalue weighted by molar-refractivity contribution is -0.0586. The van der Waals surface area contributed by atoms with Crippen molar-refractivity contribution in [3.63, 3.8) is 0 Å². The monoisotopic (exact) mass is 530 g/mol. The normalized spacial score (nSPS) is 21.3. The minimum atomic E-state index is 0.0279. The highest BCUT2D eigenvalue weighted by atomic mass is 16.5. The maximum atomic E-state index is 13.3. The lowest BCUT2D eigenvalue weighted by Crippen LogP contribution is -2.48. The van der Waals surface area contributed by atoms with E-state index in [1.807, 2.05) is 43.9 Å². The molecule has 6 rings (SSSR count). The highest BCUT2D eigenvalue weighted by Crippen LogP contribution is 2.40. The summed E-state index contributed by atoms with van der Waals surface area (Å²) in [5.74, 6) is 1.80. The third kappa shape index (κ3) is 4.99. The second-order valence-electron chi connectivity index (χ2n) is 10.5. The van der Waals surface area contributed by atoms with E-state index in [2.05, 4.69) is 19.8 Å². The Bertz CT molecular complexity index is 1370. The van der Waals surface area contributed by atoms with E-state index in [0.29, 0.717) is 37.8 Å². The van der Waals surface area contributed by atoms with Crippen molar-refractivity contribution in [2.45, 2.75) is 39.4 Å². The zero-order valence-corrected chi connectivity index (χ0v) is 22.6. The minimum absolute atomic E-state index is 0.0279. The number of amides is 1. The van der Waals surface area contributed by atoms with E-state index in [1.54, 1.807) is 12.4 Å². The molecule has 3 aliphatic rings. The molecule has 3 aromatic rings. The van der Waals surface area contributed by atoms with Crippen molar-refractivity contribution in [3.8, 4) is 11.3 Å². The van der Waals surface area contributed by atoms with E-state index < -0.39 is 0 Å². The molecule has 2 aromatic heterocycles. The molecule has 1 aromatic carbocycles. The smallest absolute Gasteiger partial charge is 0.254 e. The van der Waals surface area contributed by atoms with Gasteiger partial charge in [0.15, 0.2) is 0 Å². The molecule has 2 fully saturated rings. The van der Waals surface area contributed by atoms with Crippen LogP contribution in [0.1, 0.15) is 35.3 Å². The fraction of sp³-hybridized carbons (Fsp3) is 0.464. The van der Waals surface area contributed by atoms with Crippen molar-refractivity contribution >= 4 is 29.3 Å². The molecule has 5 heterocycles. The van der Waals surface area contributed by atoms with Gasteiger partial charge in [0.25, 0.3) is 5.91 Å². The number of aromatic nitrogens is 4. The fourth-order valence-corrected chi connectivity index (χ4v) is 5.70. The van der Waals surface area contributed by atoms with E-state index >= 15 is 0 Å². The van der Waals surface area contributed by atoms with Gasteiger partial charge in [-0.25, -0.2) is 15.0 Å². The van der Waals surface area contributed by atoms with Gasteiger partial charge in [-0.05, 0) is 51.0 Å².